The Morgan fingerprint density at radius 2 is 1.71 bits per heavy atom. The van der Waals surface area contributed by atoms with Crippen molar-refractivity contribution in [1.29, 1.82) is 0 Å². The highest BCUT2D eigenvalue weighted by Crippen LogP contribution is 2.39. The van der Waals surface area contributed by atoms with Crippen LogP contribution in [0.1, 0.15) is 15.9 Å². The predicted molar refractivity (Wildman–Crippen MR) is 156 cm³/mol. The zero-order valence-corrected chi connectivity index (χ0v) is 23.9. The number of para-hydroxylation sites is 1. The van der Waals surface area contributed by atoms with Crippen LogP contribution in [-0.2, 0) is 20.4 Å². The predicted octanol–water partition coefficient (Wildman–Crippen LogP) is 7.51. The van der Waals surface area contributed by atoms with Gasteiger partial charge in [-0.05, 0) is 42.5 Å². The molecule has 0 unspecified atom stereocenters. The number of hydrogen-bond donors (Lipinski definition) is 1. The van der Waals surface area contributed by atoms with Crippen LogP contribution in [0.2, 0.25) is 15.1 Å². The van der Waals surface area contributed by atoms with Crippen LogP contribution in [0.5, 0.6) is 0 Å². The summed E-state index contributed by atoms with van der Waals surface area (Å²) in [4.78, 5) is 32.4. The second kappa shape index (κ2) is 12.3. The van der Waals surface area contributed by atoms with E-state index in [9.17, 15) is 22.8 Å². The Morgan fingerprint density at radius 3 is 2.45 bits per heavy atom. The molecule has 2 heterocycles. The molecule has 42 heavy (non-hydrogen) atoms. The van der Waals surface area contributed by atoms with Gasteiger partial charge in [-0.15, -0.1) is 0 Å². The molecule has 0 atom stereocenters. The molecule has 0 radical (unpaired) electrons. The van der Waals surface area contributed by atoms with E-state index >= 15 is 0 Å². The van der Waals surface area contributed by atoms with Crippen LogP contribution >= 0.6 is 34.8 Å². The van der Waals surface area contributed by atoms with Gasteiger partial charge in [0.15, 0.2) is 6.61 Å². The molecule has 1 N–H and O–H groups in total. The molecule has 7 nitrogen and oxygen atoms in total. The Hall–Kier alpha value is -3.57. The van der Waals surface area contributed by atoms with E-state index in [-0.39, 0.29) is 26.3 Å². The van der Waals surface area contributed by atoms with Crippen LogP contribution in [0.3, 0.4) is 0 Å². The molecular formula is C29H21Cl3F3N3O4. The van der Waals surface area contributed by atoms with E-state index in [0.717, 1.165) is 12.1 Å². The fraction of sp³-hybridized carbons (Fsp3) is 0.207. The highest BCUT2D eigenvalue weighted by Gasteiger charge is 2.32. The van der Waals surface area contributed by atoms with Gasteiger partial charge in [0.25, 0.3) is 5.91 Å². The molecule has 1 aromatic heterocycles. The minimum absolute atomic E-state index is 0.0568. The van der Waals surface area contributed by atoms with E-state index in [1.807, 2.05) is 4.90 Å². The average molecular weight is 639 g/mol. The molecule has 0 spiro atoms. The van der Waals surface area contributed by atoms with Gasteiger partial charge in [0.1, 0.15) is 0 Å². The quantitative estimate of drug-likeness (QED) is 0.174. The number of esters is 1. The number of pyridine rings is 1. The Labute approximate surface area is 253 Å². The van der Waals surface area contributed by atoms with E-state index in [2.05, 4.69) is 10.3 Å². The van der Waals surface area contributed by atoms with E-state index in [1.165, 1.54) is 12.1 Å². The highest BCUT2D eigenvalue weighted by molar-refractivity contribution is 6.49. The molecule has 0 saturated carbocycles. The topological polar surface area (TPSA) is 80.8 Å². The summed E-state index contributed by atoms with van der Waals surface area (Å²) < 4.78 is 50.9. The normalized spacial score (nSPS) is 13.7. The first-order chi connectivity index (χ1) is 20.0. The van der Waals surface area contributed by atoms with Crippen LogP contribution < -0.4 is 10.2 Å². The molecule has 5 rings (SSSR count). The molecule has 1 aliphatic heterocycles. The molecule has 0 aliphatic carbocycles. The third kappa shape index (κ3) is 6.42. The molecule has 3 aromatic carbocycles. The van der Waals surface area contributed by atoms with Crippen molar-refractivity contribution in [3.63, 3.8) is 0 Å². The number of hydrogen-bond acceptors (Lipinski definition) is 6. The van der Waals surface area contributed by atoms with E-state index in [0.29, 0.717) is 54.2 Å². The Kier molecular flexibility index (Phi) is 8.79. The van der Waals surface area contributed by atoms with Crippen LogP contribution in [0.25, 0.3) is 22.2 Å². The number of nitrogens with one attached hydrogen (secondary N) is 1. The fourth-order valence-electron chi connectivity index (χ4n) is 4.49. The highest BCUT2D eigenvalue weighted by atomic mass is 35.5. The summed E-state index contributed by atoms with van der Waals surface area (Å²) in [6.07, 6.45) is -4.62. The van der Waals surface area contributed by atoms with Gasteiger partial charge in [-0.25, -0.2) is 9.78 Å². The molecule has 218 valence electrons. The molecule has 0 bridgehead atoms. The fourth-order valence-corrected chi connectivity index (χ4v) is 5.13. The number of ether oxygens (including phenoxy) is 2. The van der Waals surface area contributed by atoms with Crippen LogP contribution in [-0.4, -0.2) is 49.8 Å². The van der Waals surface area contributed by atoms with E-state index < -0.39 is 30.2 Å². The summed E-state index contributed by atoms with van der Waals surface area (Å²) in [7, 11) is 0. The number of alkyl halides is 3. The summed E-state index contributed by atoms with van der Waals surface area (Å²) in [6.45, 7) is 0.896. The smallest absolute Gasteiger partial charge is 0.416 e. The van der Waals surface area contributed by atoms with Crippen molar-refractivity contribution in [3.8, 4) is 11.3 Å². The van der Waals surface area contributed by atoms with Crippen molar-refractivity contribution in [2.75, 3.05) is 43.1 Å². The maximum Gasteiger partial charge on any atom is 0.416 e. The Bertz CT molecular complexity index is 1680. The van der Waals surface area contributed by atoms with Crippen LogP contribution in [0, 0.1) is 0 Å². The van der Waals surface area contributed by atoms with Crippen LogP contribution in [0.15, 0.2) is 60.7 Å². The number of carbonyl (C=O) groups excluding carboxylic acids is 2. The van der Waals surface area contributed by atoms with Crippen molar-refractivity contribution in [3.05, 3.63) is 86.9 Å². The lowest BCUT2D eigenvalue weighted by Gasteiger charge is -2.31. The molecule has 13 heteroatoms. The largest absolute Gasteiger partial charge is 0.452 e. The number of benzene rings is 3. The number of rotatable bonds is 6. The van der Waals surface area contributed by atoms with E-state index in [1.54, 1.807) is 36.4 Å². The van der Waals surface area contributed by atoms with Crippen molar-refractivity contribution in [2.24, 2.45) is 0 Å². The van der Waals surface area contributed by atoms with Gasteiger partial charge in [-0.3, -0.25) is 4.79 Å². The number of anilines is 2. The number of fused-ring (bicyclic) bond motifs is 1. The zero-order chi connectivity index (χ0) is 30.0. The maximum atomic E-state index is 13.4. The van der Waals surface area contributed by atoms with Gasteiger partial charge < -0.3 is 19.7 Å². The first kappa shape index (κ1) is 29.9. The molecule has 4 aromatic rings. The van der Waals surface area contributed by atoms with Gasteiger partial charge in [0.05, 0.1) is 62.0 Å². The molecule has 1 aliphatic rings. The minimum Gasteiger partial charge on any atom is -0.452 e. The SMILES string of the molecule is O=C(COC(=O)c1cc(-c2ccc(Cl)c(Cl)c2Cl)nc2ccccc12)Nc1cc(C(F)(F)F)ccc1N1CCOCC1. The van der Waals surface area contributed by atoms with E-state index in [4.69, 9.17) is 44.3 Å². The minimum atomic E-state index is -4.62. The monoisotopic (exact) mass is 637 g/mol. The third-order valence-electron chi connectivity index (χ3n) is 6.53. The maximum absolute atomic E-state index is 13.4. The number of halogens is 6. The standard InChI is InChI=1S/C29H21Cl3F3N3O4/c30-20-7-6-18(26(31)27(20)32)22-14-19(17-3-1-2-4-21(17)36-22)28(40)42-15-25(39)37-23-13-16(29(33,34)35)5-8-24(23)38-9-11-41-12-10-38/h1-8,13-14H,9-12,15H2,(H,37,39). The zero-order valence-electron chi connectivity index (χ0n) is 21.6. The third-order valence-corrected chi connectivity index (χ3v) is 7.82. The lowest BCUT2D eigenvalue weighted by Crippen LogP contribution is -2.37. The second-order valence-electron chi connectivity index (χ2n) is 9.25. The number of morpholine rings is 1. The van der Waals surface area contributed by atoms with Gasteiger partial charge in [-0.1, -0.05) is 53.0 Å². The van der Waals surface area contributed by atoms with Crippen molar-refractivity contribution < 1.29 is 32.2 Å². The molecule has 1 amide bonds. The summed E-state index contributed by atoms with van der Waals surface area (Å²) >= 11 is 18.6. The van der Waals surface area contributed by atoms with Crippen molar-refractivity contribution >= 4 is 69.0 Å². The van der Waals surface area contributed by atoms with Gasteiger partial charge in [-0.2, -0.15) is 13.2 Å². The van der Waals surface area contributed by atoms with Gasteiger partial charge in [0.2, 0.25) is 0 Å². The number of amides is 1. The summed E-state index contributed by atoms with van der Waals surface area (Å²) in [5.74, 6) is -1.66. The molecular weight excluding hydrogens is 618 g/mol. The van der Waals surface area contributed by atoms with Crippen molar-refractivity contribution in [1.82, 2.24) is 4.98 Å². The number of nitrogens with zero attached hydrogens (tertiary/aromatic N) is 2. The van der Waals surface area contributed by atoms with Gasteiger partial charge in [0, 0.05) is 24.0 Å². The summed E-state index contributed by atoms with van der Waals surface area (Å²) in [5.41, 5.74) is 0.694. The summed E-state index contributed by atoms with van der Waals surface area (Å²) in [5, 5.41) is 3.43. The lowest BCUT2D eigenvalue weighted by atomic mass is 10.0. The molecule has 1 saturated heterocycles. The number of carbonyl (C=O) groups is 2. The van der Waals surface area contributed by atoms with Gasteiger partial charge >= 0.3 is 12.1 Å². The summed E-state index contributed by atoms with van der Waals surface area (Å²) in [6, 6.07) is 14.5. The Morgan fingerprint density at radius 1 is 0.976 bits per heavy atom. The second-order valence-corrected chi connectivity index (χ2v) is 10.4. The van der Waals surface area contributed by atoms with Crippen molar-refractivity contribution in [2.45, 2.75) is 6.18 Å². The Balaban J connectivity index is 1.39. The van der Waals surface area contributed by atoms with Crippen LogP contribution in [0.4, 0.5) is 24.5 Å². The first-order valence-electron chi connectivity index (χ1n) is 12.6. The number of aromatic nitrogens is 1. The first-order valence-corrected chi connectivity index (χ1v) is 13.7. The average Bonchev–Trinajstić information content (AvgIpc) is 2.98. The molecule has 1 fully saturated rings. The lowest BCUT2D eigenvalue weighted by molar-refractivity contribution is -0.137.